The Morgan fingerprint density at radius 2 is 2.38 bits per heavy atom. The summed E-state index contributed by atoms with van der Waals surface area (Å²) in [4.78, 5) is 11.0. The molecular formula is C13H20O3. The monoisotopic (exact) mass is 224 g/mol. The number of carbonyl (C=O) groups is 1. The summed E-state index contributed by atoms with van der Waals surface area (Å²) in [6, 6.07) is 0. The van der Waals surface area contributed by atoms with Crippen LogP contribution in [-0.2, 0) is 9.47 Å². The van der Waals surface area contributed by atoms with E-state index in [2.05, 4.69) is 10.8 Å². The van der Waals surface area contributed by atoms with Gasteiger partial charge in [0.15, 0.2) is 0 Å². The molecule has 0 saturated heterocycles. The van der Waals surface area contributed by atoms with Crippen molar-refractivity contribution in [1.29, 1.82) is 0 Å². The minimum Gasteiger partial charge on any atom is -0.438 e. The first kappa shape index (κ1) is 11.5. The second-order valence-electron chi connectivity index (χ2n) is 4.96. The Balaban J connectivity index is 1.96. The molecule has 0 amide bonds. The molecule has 0 aliphatic heterocycles. The topological polar surface area (TPSA) is 35.5 Å². The predicted molar refractivity (Wildman–Crippen MR) is 61.1 cm³/mol. The smallest absolute Gasteiger partial charge is 0.438 e. The van der Waals surface area contributed by atoms with Crippen molar-refractivity contribution in [1.82, 2.24) is 0 Å². The highest BCUT2D eigenvalue weighted by Gasteiger charge is 2.30. The zero-order chi connectivity index (χ0) is 11.5. The summed E-state index contributed by atoms with van der Waals surface area (Å²) in [5.41, 5.74) is 1.56. The summed E-state index contributed by atoms with van der Waals surface area (Å²) in [7, 11) is 1.35. The second-order valence-corrected chi connectivity index (χ2v) is 4.96. The van der Waals surface area contributed by atoms with Crippen molar-refractivity contribution in [3.8, 4) is 0 Å². The maximum Gasteiger partial charge on any atom is 0.508 e. The molecule has 16 heavy (non-hydrogen) atoms. The van der Waals surface area contributed by atoms with E-state index in [9.17, 15) is 4.79 Å². The Morgan fingerprint density at radius 3 is 3.06 bits per heavy atom. The van der Waals surface area contributed by atoms with E-state index >= 15 is 0 Å². The largest absolute Gasteiger partial charge is 0.508 e. The highest BCUT2D eigenvalue weighted by Crippen LogP contribution is 2.39. The van der Waals surface area contributed by atoms with Crippen LogP contribution in [0.15, 0.2) is 11.6 Å². The number of rotatable bonds is 2. The lowest BCUT2D eigenvalue weighted by Gasteiger charge is -2.34. The zero-order valence-corrected chi connectivity index (χ0v) is 10.1. The van der Waals surface area contributed by atoms with E-state index in [-0.39, 0.29) is 6.10 Å². The predicted octanol–water partition coefficient (Wildman–Crippen LogP) is 3.29. The molecule has 0 radical (unpaired) electrons. The fraction of sp³-hybridized carbons (Fsp3) is 0.769. The Kier molecular flexibility index (Phi) is 3.52. The minimum atomic E-state index is -0.568. The Labute approximate surface area is 96.8 Å². The molecule has 0 aromatic heterocycles. The van der Waals surface area contributed by atoms with Crippen molar-refractivity contribution in [2.45, 2.75) is 45.1 Å². The van der Waals surface area contributed by atoms with Crippen molar-refractivity contribution in [3.05, 3.63) is 11.6 Å². The quantitative estimate of drug-likeness (QED) is 0.533. The van der Waals surface area contributed by atoms with Gasteiger partial charge in [0, 0.05) is 5.92 Å². The van der Waals surface area contributed by atoms with Crippen LogP contribution in [0.25, 0.3) is 0 Å². The molecule has 2 aliphatic rings. The van der Waals surface area contributed by atoms with Crippen molar-refractivity contribution >= 4 is 6.16 Å². The summed E-state index contributed by atoms with van der Waals surface area (Å²) in [5.74, 6) is 1.19. The molecule has 1 saturated carbocycles. The number of fused-ring (bicyclic) bond motifs is 2. The van der Waals surface area contributed by atoms with Crippen LogP contribution in [0.5, 0.6) is 0 Å². The Morgan fingerprint density at radius 1 is 1.56 bits per heavy atom. The first-order valence-electron chi connectivity index (χ1n) is 6.13. The van der Waals surface area contributed by atoms with Crippen molar-refractivity contribution in [2.24, 2.45) is 11.8 Å². The average molecular weight is 224 g/mol. The molecular weight excluding hydrogens is 204 g/mol. The summed E-state index contributed by atoms with van der Waals surface area (Å²) < 4.78 is 9.72. The number of carbonyl (C=O) groups excluding carboxylic acids is 1. The van der Waals surface area contributed by atoms with Crippen LogP contribution in [0.1, 0.15) is 39.0 Å². The Bertz CT molecular complexity index is 296. The van der Waals surface area contributed by atoms with Gasteiger partial charge in [-0.1, -0.05) is 11.6 Å². The molecule has 0 aromatic carbocycles. The zero-order valence-electron chi connectivity index (χ0n) is 10.1. The SMILES string of the molecule is COC(=O)OC(C)C1C=C2CCCC(C2)C1. The summed E-state index contributed by atoms with van der Waals surface area (Å²) in [5, 5.41) is 0. The number of hydrogen-bond acceptors (Lipinski definition) is 3. The van der Waals surface area contributed by atoms with E-state index in [1.54, 1.807) is 5.57 Å². The van der Waals surface area contributed by atoms with Gasteiger partial charge in [-0.3, -0.25) is 0 Å². The van der Waals surface area contributed by atoms with Crippen LogP contribution in [-0.4, -0.2) is 19.4 Å². The first-order valence-corrected chi connectivity index (χ1v) is 6.13. The molecule has 1 fully saturated rings. The van der Waals surface area contributed by atoms with E-state index in [1.807, 2.05) is 6.92 Å². The van der Waals surface area contributed by atoms with E-state index in [0.717, 1.165) is 12.3 Å². The molecule has 90 valence electrons. The maximum absolute atomic E-state index is 11.0. The van der Waals surface area contributed by atoms with Gasteiger partial charge < -0.3 is 9.47 Å². The van der Waals surface area contributed by atoms with Crippen molar-refractivity contribution < 1.29 is 14.3 Å². The second kappa shape index (κ2) is 4.89. The molecule has 2 rings (SSSR count). The molecule has 2 aliphatic carbocycles. The number of ether oxygens (including phenoxy) is 2. The molecule has 0 spiro atoms. The van der Waals surface area contributed by atoms with E-state index in [0.29, 0.717) is 5.92 Å². The normalized spacial score (nSPS) is 30.2. The van der Waals surface area contributed by atoms with Gasteiger partial charge in [0.1, 0.15) is 6.10 Å². The fourth-order valence-electron chi connectivity index (χ4n) is 2.92. The van der Waals surface area contributed by atoms with Crippen LogP contribution in [0.3, 0.4) is 0 Å². The number of allylic oxidation sites excluding steroid dienone is 1. The number of hydrogen-bond donors (Lipinski definition) is 0. The van der Waals surface area contributed by atoms with Crippen LogP contribution < -0.4 is 0 Å². The minimum absolute atomic E-state index is 0.0663. The average Bonchev–Trinajstić information content (AvgIpc) is 2.28. The van der Waals surface area contributed by atoms with E-state index in [4.69, 9.17) is 4.74 Å². The van der Waals surface area contributed by atoms with Gasteiger partial charge in [-0.25, -0.2) is 4.79 Å². The summed E-state index contributed by atoms with van der Waals surface area (Å²) >= 11 is 0. The maximum atomic E-state index is 11.0. The fourth-order valence-corrected chi connectivity index (χ4v) is 2.92. The standard InChI is InChI=1S/C13H20O3/c1-9(16-13(14)15-2)12-7-10-4-3-5-11(6-10)8-12/h7,9,11-12H,3-6,8H2,1-2H3. The van der Waals surface area contributed by atoms with Crippen LogP contribution in [0.4, 0.5) is 4.79 Å². The summed E-state index contributed by atoms with van der Waals surface area (Å²) in [6.07, 6.45) is 8.00. The molecule has 3 nitrogen and oxygen atoms in total. The van der Waals surface area contributed by atoms with Crippen LogP contribution >= 0.6 is 0 Å². The van der Waals surface area contributed by atoms with Gasteiger partial charge in [0.05, 0.1) is 7.11 Å². The lowest BCUT2D eigenvalue weighted by Crippen LogP contribution is -2.29. The molecule has 2 bridgehead atoms. The molecule has 0 heterocycles. The summed E-state index contributed by atoms with van der Waals surface area (Å²) in [6.45, 7) is 1.96. The van der Waals surface area contributed by atoms with E-state index < -0.39 is 6.16 Å². The highest BCUT2D eigenvalue weighted by molar-refractivity contribution is 5.59. The van der Waals surface area contributed by atoms with Crippen molar-refractivity contribution in [2.75, 3.05) is 7.11 Å². The van der Waals surface area contributed by atoms with Gasteiger partial charge in [0.2, 0.25) is 0 Å². The third-order valence-corrected chi connectivity index (χ3v) is 3.77. The van der Waals surface area contributed by atoms with Crippen LogP contribution in [0, 0.1) is 11.8 Å². The third-order valence-electron chi connectivity index (χ3n) is 3.77. The molecule has 0 N–H and O–H groups in total. The Hall–Kier alpha value is -0.990. The van der Waals surface area contributed by atoms with Gasteiger partial charge in [-0.05, 0) is 44.9 Å². The van der Waals surface area contributed by atoms with Gasteiger partial charge >= 0.3 is 6.16 Å². The van der Waals surface area contributed by atoms with Crippen molar-refractivity contribution in [3.63, 3.8) is 0 Å². The molecule has 3 atom stereocenters. The molecule has 0 aromatic rings. The lowest BCUT2D eigenvalue weighted by atomic mass is 9.73. The van der Waals surface area contributed by atoms with Gasteiger partial charge in [0.25, 0.3) is 0 Å². The lowest BCUT2D eigenvalue weighted by molar-refractivity contribution is 0.0225. The highest BCUT2D eigenvalue weighted by atomic mass is 16.7. The first-order chi connectivity index (χ1) is 7.69. The number of methoxy groups -OCH3 is 1. The van der Waals surface area contributed by atoms with Gasteiger partial charge in [-0.2, -0.15) is 0 Å². The van der Waals surface area contributed by atoms with E-state index in [1.165, 1.54) is 32.8 Å². The molecule has 3 heteroatoms. The third kappa shape index (κ3) is 2.57. The molecule has 3 unspecified atom stereocenters. The van der Waals surface area contributed by atoms with Crippen LogP contribution in [0.2, 0.25) is 0 Å². The van der Waals surface area contributed by atoms with Gasteiger partial charge in [-0.15, -0.1) is 0 Å².